The number of hydrogen-bond acceptors (Lipinski definition) is 4. The molecule has 0 heterocycles. The largest absolute Gasteiger partial charge is 0.501 e. The lowest BCUT2D eigenvalue weighted by Crippen LogP contribution is -1.93. The van der Waals surface area contributed by atoms with Crippen LogP contribution in [-0.4, -0.2) is 19.3 Å². The minimum absolute atomic E-state index is 0.106. The first-order chi connectivity index (χ1) is 7.53. The van der Waals surface area contributed by atoms with Crippen molar-refractivity contribution < 1.29 is 23.1 Å². The zero-order valence-electron chi connectivity index (χ0n) is 8.88. The summed E-state index contributed by atoms with van der Waals surface area (Å²) < 4.78 is 34.0. The Kier molecular flexibility index (Phi) is 4.24. The van der Waals surface area contributed by atoms with Crippen molar-refractivity contribution >= 4 is 13.7 Å². The van der Waals surface area contributed by atoms with Crippen molar-refractivity contribution in [2.75, 3.05) is 14.2 Å². The van der Waals surface area contributed by atoms with E-state index < -0.39 is 18.9 Å². The Hall–Kier alpha value is -1.16. The molecule has 1 N–H and O–H groups in total. The number of hydrogen-bond donors (Lipinski definition) is 1. The molecule has 1 aromatic carbocycles. The average Bonchev–Trinajstić information content (AvgIpc) is 2.31. The molecular weight excluding hydrogens is 234 g/mol. The second-order valence-corrected chi connectivity index (χ2v) is 5.07. The van der Waals surface area contributed by atoms with Crippen LogP contribution in [0.2, 0.25) is 0 Å². The summed E-state index contributed by atoms with van der Waals surface area (Å²) in [7, 11) is -1.44. The van der Waals surface area contributed by atoms with Crippen LogP contribution in [0.25, 0.3) is 6.08 Å². The maximum absolute atomic E-state index is 13.2. The summed E-state index contributed by atoms with van der Waals surface area (Å²) in [5.74, 6) is -0.534. The van der Waals surface area contributed by atoms with E-state index >= 15 is 0 Å². The van der Waals surface area contributed by atoms with Gasteiger partial charge in [-0.1, -0.05) is 18.2 Å². The van der Waals surface area contributed by atoms with E-state index in [0.717, 1.165) is 20.3 Å². The lowest BCUT2D eigenvalue weighted by molar-refractivity contribution is 0.262. The number of halogens is 1. The Morgan fingerprint density at radius 1 is 1.38 bits per heavy atom. The van der Waals surface area contributed by atoms with E-state index in [1.165, 1.54) is 18.2 Å². The standard InChI is InChI=1S/C10H12FO4P/c1-14-16(13,15-2)10(12)7-8-5-3-4-6-9(8)11/h3-7,12H,1-2H3. The highest BCUT2D eigenvalue weighted by Crippen LogP contribution is 2.53. The Morgan fingerprint density at radius 3 is 2.44 bits per heavy atom. The maximum Gasteiger partial charge on any atom is 0.394 e. The van der Waals surface area contributed by atoms with Gasteiger partial charge in [0.15, 0.2) is 0 Å². The van der Waals surface area contributed by atoms with Gasteiger partial charge in [-0.2, -0.15) is 0 Å². The monoisotopic (exact) mass is 246 g/mol. The predicted molar refractivity (Wildman–Crippen MR) is 58.6 cm³/mol. The topological polar surface area (TPSA) is 55.8 Å². The molecule has 0 amide bonds. The summed E-state index contributed by atoms with van der Waals surface area (Å²) in [6, 6.07) is 5.76. The third-order valence-corrected chi connectivity index (χ3v) is 3.60. The zero-order valence-corrected chi connectivity index (χ0v) is 9.78. The van der Waals surface area contributed by atoms with Crippen molar-refractivity contribution in [3.05, 3.63) is 41.1 Å². The van der Waals surface area contributed by atoms with Crippen molar-refractivity contribution in [3.63, 3.8) is 0 Å². The summed E-state index contributed by atoms with van der Waals surface area (Å²) >= 11 is 0. The molecule has 0 bridgehead atoms. The molecule has 0 aliphatic heterocycles. The van der Waals surface area contributed by atoms with Gasteiger partial charge in [0.05, 0.1) is 0 Å². The molecule has 0 spiro atoms. The van der Waals surface area contributed by atoms with Crippen molar-refractivity contribution in [1.29, 1.82) is 0 Å². The molecule has 0 saturated heterocycles. The molecule has 4 nitrogen and oxygen atoms in total. The lowest BCUT2D eigenvalue weighted by atomic mass is 10.2. The van der Waals surface area contributed by atoms with E-state index in [1.807, 2.05) is 0 Å². The van der Waals surface area contributed by atoms with Gasteiger partial charge in [0, 0.05) is 19.8 Å². The number of benzene rings is 1. The van der Waals surface area contributed by atoms with E-state index in [0.29, 0.717) is 0 Å². The fraction of sp³-hybridized carbons (Fsp3) is 0.200. The van der Waals surface area contributed by atoms with Gasteiger partial charge in [0.25, 0.3) is 0 Å². The van der Waals surface area contributed by atoms with Crippen LogP contribution in [0.4, 0.5) is 4.39 Å². The summed E-state index contributed by atoms with van der Waals surface area (Å²) in [5, 5.41) is 9.53. The maximum atomic E-state index is 13.2. The van der Waals surface area contributed by atoms with Crippen LogP contribution in [0, 0.1) is 5.82 Å². The molecule has 88 valence electrons. The van der Waals surface area contributed by atoms with E-state index in [2.05, 4.69) is 9.05 Å². The van der Waals surface area contributed by atoms with Crippen molar-refractivity contribution in [1.82, 2.24) is 0 Å². The van der Waals surface area contributed by atoms with Crippen molar-refractivity contribution in [2.45, 2.75) is 0 Å². The molecule has 0 aliphatic rings. The van der Waals surface area contributed by atoms with Gasteiger partial charge in [-0.15, -0.1) is 0 Å². The fourth-order valence-electron chi connectivity index (χ4n) is 1.07. The first-order valence-electron chi connectivity index (χ1n) is 4.41. The zero-order chi connectivity index (χ0) is 12.2. The lowest BCUT2D eigenvalue weighted by Gasteiger charge is -2.12. The molecular formula is C10H12FO4P. The van der Waals surface area contributed by atoms with E-state index in [9.17, 15) is 14.1 Å². The predicted octanol–water partition coefficient (Wildman–Crippen LogP) is 3.17. The summed E-state index contributed by atoms with van der Waals surface area (Å²) in [5.41, 5.74) is -0.531. The Morgan fingerprint density at radius 2 is 1.94 bits per heavy atom. The SMILES string of the molecule is COP(=O)(OC)C(O)=Cc1ccccc1F. The molecule has 16 heavy (non-hydrogen) atoms. The molecule has 0 atom stereocenters. The first kappa shape index (κ1) is 12.9. The number of aliphatic hydroxyl groups excluding tert-OH is 1. The fourth-order valence-corrected chi connectivity index (χ4v) is 1.89. The third kappa shape index (κ3) is 2.70. The van der Waals surface area contributed by atoms with Crippen LogP contribution >= 0.6 is 7.60 Å². The molecule has 0 saturated carbocycles. The highest BCUT2D eigenvalue weighted by molar-refractivity contribution is 7.58. The molecule has 6 heteroatoms. The van der Waals surface area contributed by atoms with Crippen LogP contribution in [-0.2, 0) is 13.6 Å². The highest BCUT2D eigenvalue weighted by atomic mass is 31.2. The van der Waals surface area contributed by atoms with E-state index in [1.54, 1.807) is 6.07 Å². The summed E-state index contributed by atoms with van der Waals surface area (Å²) in [6.07, 6.45) is 1.02. The Labute approximate surface area is 92.9 Å². The van der Waals surface area contributed by atoms with Crippen LogP contribution in [0.5, 0.6) is 0 Å². The average molecular weight is 246 g/mol. The van der Waals surface area contributed by atoms with Crippen LogP contribution in [0.1, 0.15) is 5.56 Å². The van der Waals surface area contributed by atoms with Gasteiger partial charge >= 0.3 is 7.60 Å². The second kappa shape index (κ2) is 5.25. The number of aliphatic hydroxyl groups is 1. The van der Waals surface area contributed by atoms with E-state index in [-0.39, 0.29) is 5.56 Å². The first-order valence-corrected chi connectivity index (χ1v) is 5.95. The van der Waals surface area contributed by atoms with Crippen LogP contribution < -0.4 is 0 Å². The highest BCUT2D eigenvalue weighted by Gasteiger charge is 2.27. The van der Waals surface area contributed by atoms with Gasteiger partial charge < -0.3 is 14.2 Å². The van der Waals surface area contributed by atoms with E-state index in [4.69, 9.17) is 0 Å². The quantitative estimate of drug-likeness (QED) is 0.654. The van der Waals surface area contributed by atoms with Gasteiger partial charge in [0.1, 0.15) is 5.82 Å². The summed E-state index contributed by atoms with van der Waals surface area (Å²) in [4.78, 5) is 0. The Bertz CT molecular complexity index is 436. The van der Waals surface area contributed by atoms with Gasteiger partial charge in [-0.3, -0.25) is 4.57 Å². The van der Waals surface area contributed by atoms with Crippen molar-refractivity contribution in [2.24, 2.45) is 0 Å². The molecule has 1 rings (SSSR count). The van der Waals surface area contributed by atoms with Gasteiger partial charge in [-0.05, 0) is 12.1 Å². The molecule has 1 aromatic rings. The molecule has 0 aliphatic carbocycles. The summed E-state index contributed by atoms with van der Waals surface area (Å²) in [6.45, 7) is 0. The molecule has 0 fully saturated rings. The number of rotatable bonds is 4. The van der Waals surface area contributed by atoms with Gasteiger partial charge in [-0.25, -0.2) is 4.39 Å². The minimum Gasteiger partial charge on any atom is -0.501 e. The van der Waals surface area contributed by atoms with Crippen molar-refractivity contribution in [3.8, 4) is 0 Å². The molecule has 0 radical (unpaired) electrons. The third-order valence-electron chi connectivity index (χ3n) is 1.95. The van der Waals surface area contributed by atoms with Gasteiger partial charge in [0.2, 0.25) is 5.50 Å². The molecule has 0 unspecified atom stereocenters. The minimum atomic E-state index is -3.71. The van der Waals surface area contributed by atoms with Crippen LogP contribution in [0.3, 0.4) is 0 Å². The van der Waals surface area contributed by atoms with Crippen LogP contribution in [0.15, 0.2) is 29.8 Å². The smallest absolute Gasteiger partial charge is 0.394 e. The second-order valence-electron chi connectivity index (χ2n) is 2.89. The normalized spacial score (nSPS) is 12.8. The molecule has 0 aromatic heterocycles. The Balaban J connectivity index is 3.11.